The second-order valence-electron chi connectivity index (χ2n) is 4.40. The van der Waals surface area contributed by atoms with Crippen LogP contribution in [-0.4, -0.2) is 28.3 Å². The number of nitrogens with one attached hydrogen (secondary N) is 1. The molecule has 1 aliphatic rings. The van der Waals surface area contributed by atoms with Gasteiger partial charge in [-0.05, 0) is 42.2 Å². The summed E-state index contributed by atoms with van der Waals surface area (Å²) in [6.07, 6.45) is 2.00. The Kier molecular flexibility index (Phi) is 4.24. The van der Waals surface area contributed by atoms with Crippen LogP contribution in [0.3, 0.4) is 0 Å². The molecule has 1 heterocycles. The lowest BCUT2D eigenvalue weighted by Crippen LogP contribution is -2.45. The van der Waals surface area contributed by atoms with Gasteiger partial charge in [0.05, 0.1) is 0 Å². The van der Waals surface area contributed by atoms with Crippen LogP contribution in [0.15, 0.2) is 16.8 Å². The molecule has 1 aromatic heterocycles. The fraction of sp³-hybridized carbons (Fsp3) is 0.500. The smallest absolute Gasteiger partial charge is 0.317 e. The quantitative estimate of drug-likeness (QED) is 0.865. The second kappa shape index (κ2) is 5.71. The summed E-state index contributed by atoms with van der Waals surface area (Å²) in [4.78, 5) is 25.1. The molecule has 1 N–H and O–H groups in total. The number of hydrogen-bond acceptors (Lipinski definition) is 3. The molecule has 0 aliphatic heterocycles. The van der Waals surface area contributed by atoms with Crippen molar-refractivity contribution in [3.8, 4) is 0 Å². The van der Waals surface area contributed by atoms with Crippen molar-refractivity contribution in [2.75, 3.05) is 0 Å². The van der Waals surface area contributed by atoms with Gasteiger partial charge in [-0.1, -0.05) is 0 Å². The molecule has 98 valence electrons. The summed E-state index contributed by atoms with van der Waals surface area (Å²) >= 11 is 7.23. The molecule has 1 fully saturated rings. The van der Waals surface area contributed by atoms with Crippen LogP contribution in [0, 0.1) is 0 Å². The van der Waals surface area contributed by atoms with Crippen molar-refractivity contribution in [2.24, 2.45) is 0 Å². The molecule has 0 radical (unpaired) electrons. The number of urea groups is 1. The first-order valence-electron chi connectivity index (χ1n) is 5.84. The standard InChI is InChI=1S/C12H15ClN2O2S/c1-8(13)11(16)14-12(17)15(10-2-3-10)6-9-4-5-18-7-9/h4-5,7-8,10H,2-3,6H2,1H3,(H,14,16,17). The van der Waals surface area contributed by atoms with E-state index in [-0.39, 0.29) is 12.1 Å². The van der Waals surface area contributed by atoms with Crippen molar-refractivity contribution in [1.82, 2.24) is 10.2 Å². The first-order chi connectivity index (χ1) is 8.58. The number of nitrogens with zero attached hydrogens (tertiary/aromatic N) is 1. The van der Waals surface area contributed by atoms with Crippen LogP contribution < -0.4 is 5.32 Å². The highest BCUT2D eigenvalue weighted by Gasteiger charge is 2.33. The predicted molar refractivity (Wildman–Crippen MR) is 71.7 cm³/mol. The van der Waals surface area contributed by atoms with E-state index in [0.717, 1.165) is 18.4 Å². The van der Waals surface area contributed by atoms with Gasteiger partial charge in [-0.15, -0.1) is 11.6 Å². The van der Waals surface area contributed by atoms with Gasteiger partial charge >= 0.3 is 6.03 Å². The number of carbonyl (C=O) groups is 2. The zero-order valence-electron chi connectivity index (χ0n) is 10.1. The molecule has 6 heteroatoms. The van der Waals surface area contributed by atoms with E-state index >= 15 is 0 Å². The molecule has 1 aliphatic carbocycles. The Morgan fingerprint density at radius 1 is 1.61 bits per heavy atom. The van der Waals surface area contributed by atoms with E-state index in [9.17, 15) is 9.59 Å². The molecule has 1 atom stereocenters. The van der Waals surface area contributed by atoms with Crippen molar-refractivity contribution >= 4 is 34.9 Å². The van der Waals surface area contributed by atoms with E-state index < -0.39 is 11.3 Å². The average Bonchev–Trinajstić information content (AvgIpc) is 3.03. The Labute approximate surface area is 115 Å². The molecule has 3 amide bonds. The summed E-state index contributed by atoms with van der Waals surface area (Å²) in [5, 5.41) is 5.62. The summed E-state index contributed by atoms with van der Waals surface area (Å²) < 4.78 is 0. The normalized spacial score (nSPS) is 16.1. The Balaban J connectivity index is 1.97. The van der Waals surface area contributed by atoms with Gasteiger partial charge in [-0.25, -0.2) is 4.79 Å². The molecule has 18 heavy (non-hydrogen) atoms. The molecule has 1 aromatic rings. The van der Waals surface area contributed by atoms with Crippen LogP contribution >= 0.6 is 22.9 Å². The van der Waals surface area contributed by atoms with Crippen LogP contribution in [0.1, 0.15) is 25.3 Å². The fourth-order valence-corrected chi connectivity index (χ4v) is 2.32. The largest absolute Gasteiger partial charge is 0.324 e. The lowest BCUT2D eigenvalue weighted by Gasteiger charge is -2.22. The topological polar surface area (TPSA) is 49.4 Å². The van der Waals surface area contributed by atoms with E-state index in [0.29, 0.717) is 6.54 Å². The van der Waals surface area contributed by atoms with Crippen LogP contribution in [0.2, 0.25) is 0 Å². The number of amides is 3. The van der Waals surface area contributed by atoms with Gasteiger partial charge in [0.25, 0.3) is 0 Å². The molecule has 0 bridgehead atoms. The third-order valence-corrected chi connectivity index (χ3v) is 3.70. The molecule has 1 unspecified atom stereocenters. The van der Waals surface area contributed by atoms with Crippen LogP contribution in [0.25, 0.3) is 0 Å². The molecule has 0 aromatic carbocycles. The lowest BCUT2D eigenvalue weighted by molar-refractivity contribution is -0.119. The zero-order valence-corrected chi connectivity index (χ0v) is 11.6. The van der Waals surface area contributed by atoms with E-state index in [1.807, 2.05) is 16.8 Å². The number of imide groups is 1. The van der Waals surface area contributed by atoms with Crippen molar-refractivity contribution < 1.29 is 9.59 Å². The molecule has 0 spiro atoms. The Bertz CT molecular complexity index is 429. The van der Waals surface area contributed by atoms with Crippen molar-refractivity contribution in [3.63, 3.8) is 0 Å². The fourth-order valence-electron chi connectivity index (χ4n) is 1.61. The number of rotatable bonds is 4. The number of hydrogen-bond donors (Lipinski definition) is 1. The highest BCUT2D eigenvalue weighted by Crippen LogP contribution is 2.28. The molecule has 2 rings (SSSR count). The minimum absolute atomic E-state index is 0.253. The molecule has 0 saturated heterocycles. The van der Waals surface area contributed by atoms with E-state index in [1.165, 1.54) is 0 Å². The Hall–Kier alpha value is -1.07. The average molecular weight is 287 g/mol. The highest BCUT2D eigenvalue weighted by molar-refractivity contribution is 7.07. The number of halogens is 1. The molecular weight excluding hydrogens is 272 g/mol. The van der Waals surface area contributed by atoms with E-state index in [2.05, 4.69) is 5.32 Å². The van der Waals surface area contributed by atoms with Gasteiger partial charge in [0.1, 0.15) is 5.38 Å². The van der Waals surface area contributed by atoms with E-state index in [4.69, 9.17) is 11.6 Å². The number of thiophene rings is 1. The van der Waals surface area contributed by atoms with E-state index in [1.54, 1.807) is 23.2 Å². The highest BCUT2D eigenvalue weighted by atomic mass is 35.5. The van der Waals surface area contributed by atoms with Gasteiger partial charge in [0.15, 0.2) is 0 Å². The SMILES string of the molecule is CC(Cl)C(=O)NC(=O)N(Cc1ccsc1)C1CC1. The second-order valence-corrected chi connectivity index (χ2v) is 5.84. The van der Waals surface area contributed by atoms with Gasteiger partial charge < -0.3 is 4.90 Å². The van der Waals surface area contributed by atoms with Crippen LogP contribution in [0.4, 0.5) is 4.79 Å². The first-order valence-corrected chi connectivity index (χ1v) is 7.22. The van der Waals surface area contributed by atoms with Gasteiger partial charge in [0, 0.05) is 12.6 Å². The predicted octanol–water partition coefficient (Wildman–Crippen LogP) is 2.58. The first kappa shape index (κ1) is 13.4. The Morgan fingerprint density at radius 2 is 2.33 bits per heavy atom. The number of carbonyl (C=O) groups excluding carboxylic acids is 2. The minimum atomic E-state index is -0.698. The molecule has 4 nitrogen and oxygen atoms in total. The maximum absolute atomic E-state index is 12.0. The van der Waals surface area contributed by atoms with Crippen LogP contribution in [0.5, 0.6) is 0 Å². The van der Waals surface area contributed by atoms with Gasteiger partial charge in [0.2, 0.25) is 5.91 Å². The van der Waals surface area contributed by atoms with Crippen molar-refractivity contribution in [1.29, 1.82) is 0 Å². The maximum Gasteiger partial charge on any atom is 0.324 e. The third kappa shape index (κ3) is 3.46. The summed E-state index contributed by atoms with van der Waals surface area (Å²) in [6.45, 7) is 2.09. The summed E-state index contributed by atoms with van der Waals surface area (Å²) in [7, 11) is 0. The van der Waals surface area contributed by atoms with Gasteiger partial charge in [-0.2, -0.15) is 11.3 Å². The maximum atomic E-state index is 12.0. The number of alkyl halides is 1. The zero-order chi connectivity index (χ0) is 13.1. The lowest BCUT2D eigenvalue weighted by atomic mass is 10.3. The Morgan fingerprint density at radius 3 is 2.83 bits per heavy atom. The minimum Gasteiger partial charge on any atom is -0.317 e. The van der Waals surface area contributed by atoms with Crippen molar-refractivity contribution in [3.05, 3.63) is 22.4 Å². The molecule has 1 saturated carbocycles. The third-order valence-electron chi connectivity index (χ3n) is 2.77. The summed E-state index contributed by atoms with van der Waals surface area (Å²) in [5.74, 6) is -0.447. The monoisotopic (exact) mass is 286 g/mol. The summed E-state index contributed by atoms with van der Waals surface area (Å²) in [6, 6.07) is 1.89. The van der Waals surface area contributed by atoms with Crippen molar-refractivity contribution in [2.45, 2.75) is 37.7 Å². The molecular formula is C12H15ClN2O2S. The van der Waals surface area contributed by atoms with Crippen LogP contribution in [-0.2, 0) is 11.3 Å². The van der Waals surface area contributed by atoms with Gasteiger partial charge in [-0.3, -0.25) is 10.1 Å². The summed E-state index contributed by atoms with van der Waals surface area (Å²) in [5.41, 5.74) is 1.09.